The second kappa shape index (κ2) is 9.66. The van der Waals surface area contributed by atoms with Gasteiger partial charge in [-0.2, -0.15) is 0 Å². The second-order valence-corrected chi connectivity index (χ2v) is 7.96. The Morgan fingerprint density at radius 2 is 1.76 bits per heavy atom. The normalized spacial score (nSPS) is 10.8. The lowest BCUT2D eigenvalue weighted by Gasteiger charge is -2.21. The minimum atomic E-state index is -0.574. The summed E-state index contributed by atoms with van der Waals surface area (Å²) in [5.74, 6) is -1.29. The van der Waals surface area contributed by atoms with E-state index in [0.717, 1.165) is 5.56 Å². The number of hydrogen-bond donors (Lipinski definition) is 1. The number of aromatic nitrogens is 2. The number of para-hydroxylation sites is 2. The SMILES string of the molecule is CC(=O)N(Cc1ccc(F)cc1)c1nc2ccccc2n(CC(=O)Nc2cccc(C)c2)c1=O. The Labute approximate surface area is 195 Å². The number of carbonyl (C=O) groups excluding carboxylic acids is 2. The number of nitrogens with zero attached hydrogens (tertiary/aromatic N) is 3. The van der Waals surface area contributed by atoms with Crippen molar-refractivity contribution >= 4 is 34.4 Å². The highest BCUT2D eigenvalue weighted by atomic mass is 19.1. The number of hydrogen-bond acceptors (Lipinski definition) is 4. The van der Waals surface area contributed by atoms with E-state index in [-0.39, 0.29) is 24.8 Å². The van der Waals surface area contributed by atoms with E-state index >= 15 is 0 Å². The highest BCUT2D eigenvalue weighted by Crippen LogP contribution is 2.18. The van der Waals surface area contributed by atoms with Gasteiger partial charge in [0.2, 0.25) is 17.6 Å². The zero-order valence-electron chi connectivity index (χ0n) is 18.8. The Morgan fingerprint density at radius 3 is 2.47 bits per heavy atom. The molecule has 4 rings (SSSR count). The number of halogens is 1. The van der Waals surface area contributed by atoms with Crippen molar-refractivity contribution in [3.8, 4) is 0 Å². The number of anilines is 2. The van der Waals surface area contributed by atoms with Crippen LogP contribution in [0, 0.1) is 12.7 Å². The van der Waals surface area contributed by atoms with Crippen LogP contribution in [0.4, 0.5) is 15.9 Å². The van der Waals surface area contributed by atoms with Crippen LogP contribution in [0.3, 0.4) is 0 Å². The zero-order chi connectivity index (χ0) is 24.2. The Hall–Kier alpha value is -4.33. The minimum absolute atomic E-state index is 0.0334. The van der Waals surface area contributed by atoms with Crippen molar-refractivity contribution in [1.29, 1.82) is 0 Å². The molecule has 1 heterocycles. The molecule has 0 bridgehead atoms. The van der Waals surface area contributed by atoms with E-state index in [2.05, 4.69) is 10.3 Å². The standard InChI is InChI=1S/C26H23FN4O3/c1-17-6-5-7-21(14-17)28-24(33)16-31-23-9-4-3-8-22(23)29-25(26(31)34)30(18(2)32)15-19-10-12-20(27)13-11-19/h3-14H,15-16H2,1-2H3,(H,28,33). The van der Waals surface area contributed by atoms with E-state index in [1.54, 1.807) is 42.5 Å². The first-order valence-corrected chi connectivity index (χ1v) is 10.7. The molecule has 0 saturated carbocycles. The number of aryl methyl sites for hydroxylation is 1. The predicted octanol–water partition coefficient (Wildman–Crippen LogP) is 4.04. The molecule has 8 heteroatoms. The summed E-state index contributed by atoms with van der Waals surface area (Å²) in [7, 11) is 0. The Balaban J connectivity index is 1.74. The molecular weight excluding hydrogens is 435 g/mol. The average Bonchev–Trinajstić information content (AvgIpc) is 2.80. The van der Waals surface area contributed by atoms with Crippen molar-refractivity contribution in [2.24, 2.45) is 0 Å². The summed E-state index contributed by atoms with van der Waals surface area (Å²) < 4.78 is 14.6. The quantitative estimate of drug-likeness (QED) is 0.473. The van der Waals surface area contributed by atoms with E-state index in [1.165, 1.54) is 28.5 Å². The van der Waals surface area contributed by atoms with Crippen molar-refractivity contribution in [3.05, 3.63) is 100 Å². The molecule has 4 aromatic rings. The van der Waals surface area contributed by atoms with Crippen molar-refractivity contribution in [1.82, 2.24) is 9.55 Å². The lowest BCUT2D eigenvalue weighted by atomic mass is 10.2. The maximum absolute atomic E-state index is 13.5. The van der Waals surface area contributed by atoms with Crippen molar-refractivity contribution in [3.63, 3.8) is 0 Å². The first kappa shape index (κ1) is 22.8. The third kappa shape index (κ3) is 5.01. The molecule has 1 N–H and O–H groups in total. The number of carbonyl (C=O) groups is 2. The molecule has 3 aromatic carbocycles. The molecule has 0 aliphatic heterocycles. The highest BCUT2D eigenvalue weighted by Gasteiger charge is 2.22. The molecule has 1 aromatic heterocycles. The summed E-state index contributed by atoms with van der Waals surface area (Å²) in [5.41, 5.74) is 2.61. The summed E-state index contributed by atoms with van der Waals surface area (Å²) in [6.07, 6.45) is 0. The Kier molecular flexibility index (Phi) is 6.49. The number of rotatable bonds is 6. The number of fused-ring (bicyclic) bond motifs is 1. The number of amides is 2. The van der Waals surface area contributed by atoms with Gasteiger partial charge in [-0.25, -0.2) is 9.37 Å². The Morgan fingerprint density at radius 1 is 1.03 bits per heavy atom. The second-order valence-electron chi connectivity index (χ2n) is 7.96. The van der Waals surface area contributed by atoms with Crippen molar-refractivity contribution in [2.45, 2.75) is 26.9 Å². The van der Waals surface area contributed by atoms with Crippen LogP contribution in [-0.2, 0) is 22.7 Å². The van der Waals surface area contributed by atoms with Gasteiger partial charge in [0.25, 0.3) is 5.56 Å². The van der Waals surface area contributed by atoms with E-state index in [9.17, 15) is 18.8 Å². The van der Waals surface area contributed by atoms with Crippen molar-refractivity contribution < 1.29 is 14.0 Å². The lowest BCUT2D eigenvalue weighted by Crippen LogP contribution is -2.38. The Bertz CT molecular complexity index is 1430. The molecule has 2 amide bonds. The molecule has 34 heavy (non-hydrogen) atoms. The van der Waals surface area contributed by atoms with Crippen LogP contribution in [-0.4, -0.2) is 21.4 Å². The lowest BCUT2D eigenvalue weighted by molar-refractivity contribution is -0.117. The molecule has 0 spiro atoms. The highest BCUT2D eigenvalue weighted by molar-refractivity contribution is 5.93. The van der Waals surface area contributed by atoms with Gasteiger partial charge in [0.1, 0.15) is 12.4 Å². The van der Waals surface area contributed by atoms with Crippen LogP contribution >= 0.6 is 0 Å². The molecule has 7 nitrogen and oxygen atoms in total. The molecule has 0 unspecified atom stereocenters. The van der Waals surface area contributed by atoms with E-state index in [4.69, 9.17) is 0 Å². The summed E-state index contributed by atoms with van der Waals surface area (Å²) in [6, 6.07) is 19.9. The van der Waals surface area contributed by atoms with Crippen molar-refractivity contribution in [2.75, 3.05) is 10.2 Å². The monoisotopic (exact) mass is 458 g/mol. The first-order valence-electron chi connectivity index (χ1n) is 10.7. The summed E-state index contributed by atoms with van der Waals surface area (Å²) in [6.45, 7) is 3.02. The molecule has 0 aliphatic rings. The fourth-order valence-electron chi connectivity index (χ4n) is 3.69. The largest absolute Gasteiger partial charge is 0.325 e. The van der Waals surface area contributed by atoms with Crippen LogP contribution in [0.25, 0.3) is 11.0 Å². The van der Waals surface area contributed by atoms with Gasteiger partial charge in [-0.05, 0) is 54.4 Å². The van der Waals surface area contributed by atoms with Crippen LogP contribution in [0.15, 0.2) is 77.6 Å². The van der Waals surface area contributed by atoms with Gasteiger partial charge in [-0.15, -0.1) is 0 Å². The summed E-state index contributed by atoms with van der Waals surface area (Å²) in [4.78, 5) is 44.5. The third-order valence-corrected chi connectivity index (χ3v) is 5.33. The van der Waals surface area contributed by atoms with Gasteiger partial charge in [0, 0.05) is 12.6 Å². The zero-order valence-corrected chi connectivity index (χ0v) is 18.8. The molecule has 0 fully saturated rings. The molecule has 0 aliphatic carbocycles. The average molecular weight is 458 g/mol. The van der Waals surface area contributed by atoms with Gasteiger partial charge in [-0.1, -0.05) is 36.4 Å². The third-order valence-electron chi connectivity index (χ3n) is 5.33. The van der Waals surface area contributed by atoms with Gasteiger partial charge >= 0.3 is 0 Å². The van der Waals surface area contributed by atoms with Gasteiger partial charge < -0.3 is 5.32 Å². The fraction of sp³-hybridized carbons (Fsp3) is 0.154. The molecular formula is C26H23FN4O3. The minimum Gasteiger partial charge on any atom is -0.325 e. The molecule has 0 atom stereocenters. The van der Waals surface area contributed by atoms with E-state index in [1.807, 2.05) is 25.1 Å². The molecule has 0 radical (unpaired) electrons. The molecule has 0 saturated heterocycles. The fourth-order valence-corrected chi connectivity index (χ4v) is 3.69. The van der Waals surface area contributed by atoms with E-state index < -0.39 is 17.3 Å². The topological polar surface area (TPSA) is 84.3 Å². The first-order chi connectivity index (χ1) is 16.3. The van der Waals surface area contributed by atoms with Crippen LogP contribution in [0.5, 0.6) is 0 Å². The maximum Gasteiger partial charge on any atom is 0.294 e. The van der Waals surface area contributed by atoms with Crippen LogP contribution in [0.2, 0.25) is 0 Å². The van der Waals surface area contributed by atoms with Gasteiger partial charge in [0.05, 0.1) is 17.6 Å². The predicted molar refractivity (Wildman–Crippen MR) is 129 cm³/mol. The van der Waals surface area contributed by atoms with Gasteiger partial charge in [-0.3, -0.25) is 23.9 Å². The van der Waals surface area contributed by atoms with Crippen LogP contribution in [0.1, 0.15) is 18.1 Å². The van der Waals surface area contributed by atoms with Crippen LogP contribution < -0.4 is 15.8 Å². The number of nitrogens with one attached hydrogen (secondary N) is 1. The summed E-state index contributed by atoms with van der Waals surface area (Å²) in [5, 5.41) is 2.80. The smallest absolute Gasteiger partial charge is 0.294 e. The van der Waals surface area contributed by atoms with E-state index in [0.29, 0.717) is 22.3 Å². The molecule has 172 valence electrons. The summed E-state index contributed by atoms with van der Waals surface area (Å²) >= 11 is 0. The maximum atomic E-state index is 13.5. The van der Waals surface area contributed by atoms with Gasteiger partial charge in [0.15, 0.2) is 0 Å². The number of benzene rings is 3.